The van der Waals surface area contributed by atoms with Crippen molar-refractivity contribution < 1.29 is 9.59 Å². The van der Waals surface area contributed by atoms with E-state index in [2.05, 4.69) is 36.3 Å². The molecule has 12 heteroatoms. The molecule has 4 N–H and O–H groups in total. The lowest BCUT2D eigenvalue weighted by Gasteiger charge is -2.11. The molecule has 0 atom stereocenters. The highest BCUT2D eigenvalue weighted by Gasteiger charge is 2.26. The van der Waals surface area contributed by atoms with Crippen molar-refractivity contribution in [1.29, 1.82) is 0 Å². The standard InChI is InChI=1S/C19H16Cl2N8O2/c20-11-1-4-13(21)9(5-11)7-22-17-26-15-10(6-14-16(30)27-19(31)25-14)8-23-29(15)18(28-17)24-12-2-3-12/h1,4-6,8,12H,2-3,7H2,(H2,22,24,26,28)(H2,25,27,30,31)/b14-6-. The molecule has 158 valence electrons. The van der Waals surface area contributed by atoms with Crippen LogP contribution < -0.4 is 21.3 Å². The van der Waals surface area contributed by atoms with Crippen LogP contribution in [0.4, 0.5) is 16.7 Å². The van der Waals surface area contributed by atoms with E-state index >= 15 is 0 Å². The van der Waals surface area contributed by atoms with E-state index < -0.39 is 11.9 Å². The summed E-state index contributed by atoms with van der Waals surface area (Å²) in [5.41, 5.74) is 1.95. The second kappa shape index (κ2) is 7.71. The largest absolute Gasteiger partial charge is 0.351 e. The Bertz CT molecular complexity index is 1250. The van der Waals surface area contributed by atoms with Gasteiger partial charge in [0.1, 0.15) is 5.70 Å². The van der Waals surface area contributed by atoms with E-state index in [9.17, 15) is 9.59 Å². The zero-order valence-electron chi connectivity index (χ0n) is 15.9. The number of amides is 3. The van der Waals surface area contributed by atoms with Crippen LogP contribution in [-0.4, -0.2) is 37.6 Å². The van der Waals surface area contributed by atoms with E-state index in [1.165, 1.54) is 6.08 Å². The van der Waals surface area contributed by atoms with Crippen molar-refractivity contribution in [3.8, 4) is 0 Å². The predicted molar refractivity (Wildman–Crippen MR) is 116 cm³/mol. The average molecular weight is 459 g/mol. The van der Waals surface area contributed by atoms with Crippen LogP contribution in [0.1, 0.15) is 24.0 Å². The predicted octanol–water partition coefficient (Wildman–Crippen LogP) is 2.80. The van der Waals surface area contributed by atoms with Crippen molar-refractivity contribution in [2.24, 2.45) is 0 Å². The van der Waals surface area contributed by atoms with Crippen LogP contribution in [0, 0.1) is 0 Å². The third-order valence-electron chi connectivity index (χ3n) is 4.77. The molecular weight excluding hydrogens is 443 g/mol. The molecule has 3 heterocycles. The summed E-state index contributed by atoms with van der Waals surface area (Å²) in [5.74, 6) is 0.368. The topological polar surface area (TPSA) is 125 Å². The fraction of sp³-hybridized carbons (Fsp3) is 0.211. The molecule has 0 bridgehead atoms. The first-order valence-electron chi connectivity index (χ1n) is 9.50. The first-order valence-corrected chi connectivity index (χ1v) is 10.3. The summed E-state index contributed by atoms with van der Waals surface area (Å²) in [4.78, 5) is 32.4. The quantitative estimate of drug-likeness (QED) is 0.330. The Morgan fingerprint density at radius 2 is 2.03 bits per heavy atom. The fourth-order valence-electron chi connectivity index (χ4n) is 3.07. The van der Waals surface area contributed by atoms with Crippen LogP contribution in [0.15, 0.2) is 30.1 Å². The normalized spacial score (nSPS) is 17.2. The maximum Gasteiger partial charge on any atom is 0.326 e. The summed E-state index contributed by atoms with van der Waals surface area (Å²) in [7, 11) is 0. The summed E-state index contributed by atoms with van der Waals surface area (Å²) in [6.07, 6.45) is 5.19. The van der Waals surface area contributed by atoms with Crippen LogP contribution in [0.5, 0.6) is 0 Å². The maximum absolute atomic E-state index is 11.9. The second-order valence-corrected chi connectivity index (χ2v) is 8.02. The molecule has 0 unspecified atom stereocenters. The highest BCUT2D eigenvalue weighted by Crippen LogP contribution is 2.26. The number of anilines is 2. The van der Waals surface area contributed by atoms with E-state index in [0.29, 0.717) is 45.7 Å². The third-order valence-corrected chi connectivity index (χ3v) is 5.37. The first-order chi connectivity index (χ1) is 15.0. The molecule has 2 aliphatic rings. The number of nitrogens with one attached hydrogen (secondary N) is 4. The zero-order chi connectivity index (χ0) is 21.5. The molecule has 31 heavy (non-hydrogen) atoms. The maximum atomic E-state index is 11.9. The summed E-state index contributed by atoms with van der Waals surface area (Å²) in [5, 5.41) is 16.6. The van der Waals surface area contributed by atoms with Crippen molar-refractivity contribution in [1.82, 2.24) is 30.2 Å². The van der Waals surface area contributed by atoms with Gasteiger partial charge in [-0.05, 0) is 42.7 Å². The van der Waals surface area contributed by atoms with E-state index in [-0.39, 0.29) is 5.70 Å². The molecule has 1 aliphatic carbocycles. The molecular formula is C19H16Cl2N8O2. The molecule has 3 aromatic rings. The van der Waals surface area contributed by atoms with E-state index in [4.69, 9.17) is 23.2 Å². The number of hydrogen-bond acceptors (Lipinski definition) is 7. The number of urea groups is 1. The zero-order valence-corrected chi connectivity index (χ0v) is 17.5. The Labute approximate surface area is 186 Å². The van der Waals surface area contributed by atoms with Gasteiger partial charge in [0.2, 0.25) is 11.9 Å². The van der Waals surface area contributed by atoms with Gasteiger partial charge in [0.05, 0.1) is 6.20 Å². The highest BCUT2D eigenvalue weighted by atomic mass is 35.5. The molecule has 2 aromatic heterocycles. The number of nitrogens with zero attached hydrogens (tertiary/aromatic N) is 4. The van der Waals surface area contributed by atoms with Crippen LogP contribution in [0.25, 0.3) is 11.7 Å². The smallest absolute Gasteiger partial charge is 0.326 e. The number of fused-ring (bicyclic) bond motifs is 1. The number of aromatic nitrogens is 4. The van der Waals surface area contributed by atoms with Gasteiger partial charge in [-0.1, -0.05) is 23.2 Å². The van der Waals surface area contributed by atoms with Crippen LogP contribution in [0.3, 0.4) is 0 Å². The second-order valence-electron chi connectivity index (χ2n) is 7.18. The van der Waals surface area contributed by atoms with E-state index in [1.807, 2.05) is 0 Å². The molecule has 1 saturated carbocycles. The number of rotatable bonds is 6. The van der Waals surface area contributed by atoms with Crippen molar-refractivity contribution in [3.63, 3.8) is 0 Å². The van der Waals surface area contributed by atoms with Gasteiger partial charge >= 0.3 is 6.03 Å². The minimum atomic E-state index is -0.570. The summed E-state index contributed by atoms with van der Waals surface area (Å²) in [6, 6.07) is 4.98. The van der Waals surface area contributed by atoms with Crippen molar-refractivity contribution in [2.45, 2.75) is 25.4 Å². The average Bonchev–Trinajstić information content (AvgIpc) is 3.37. The Morgan fingerprint density at radius 1 is 1.19 bits per heavy atom. The molecule has 5 rings (SSSR count). The van der Waals surface area contributed by atoms with Gasteiger partial charge in [0.25, 0.3) is 5.91 Å². The van der Waals surface area contributed by atoms with Gasteiger partial charge in [0.15, 0.2) is 5.65 Å². The fourth-order valence-corrected chi connectivity index (χ4v) is 3.45. The van der Waals surface area contributed by atoms with Gasteiger partial charge in [-0.25, -0.2) is 4.79 Å². The minimum absolute atomic E-state index is 0.121. The molecule has 0 radical (unpaired) electrons. The number of carbonyl (C=O) groups excluding carboxylic acids is 2. The van der Waals surface area contributed by atoms with Gasteiger partial charge in [-0.15, -0.1) is 0 Å². The monoisotopic (exact) mass is 458 g/mol. The molecule has 1 saturated heterocycles. The number of benzene rings is 1. The van der Waals surface area contributed by atoms with Crippen molar-refractivity contribution in [3.05, 3.63) is 51.3 Å². The molecule has 1 aromatic carbocycles. The SMILES string of the molecule is O=C1NC(=O)/C(=C/c2cnn3c(NC4CC4)nc(NCc4cc(Cl)ccc4Cl)nc23)N1. The molecule has 2 fully saturated rings. The lowest BCUT2D eigenvalue weighted by atomic mass is 10.2. The number of carbonyl (C=O) groups is 2. The van der Waals surface area contributed by atoms with Crippen LogP contribution >= 0.6 is 23.2 Å². The number of imide groups is 1. The Morgan fingerprint density at radius 3 is 2.77 bits per heavy atom. The highest BCUT2D eigenvalue weighted by molar-refractivity contribution is 6.33. The Hall–Kier alpha value is -3.37. The van der Waals surface area contributed by atoms with E-state index in [1.54, 1.807) is 28.9 Å². The first kappa shape index (κ1) is 19.6. The summed E-state index contributed by atoms with van der Waals surface area (Å²) >= 11 is 12.3. The number of halogens is 2. The van der Waals surface area contributed by atoms with Gasteiger partial charge < -0.3 is 16.0 Å². The molecule has 1 aliphatic heterocycles. The Balaban J connectivity index is 1.50. The van der Waals surface area contributed by atoms with Crippen LogP contribution in [-0.2, 0) is 11.3 Å². The van der Waals surface area contributed by atoms with Gasteiger partial charge in [0, 0.05) is 28.2 Å². The van der Waals surface area contributed by atoms with Gasteiger partial charge in [-0.3, -0.25) is 10.1 Å². The lowest BCUT2D eigenvalue weighted by molar-refractivity contribution is -0.115. The summed E-state index contributed by atoms with van der Waals surface area (Å²) in [6.45, 7) is 0.363. The lowest BCUT2D eigenvalue weighted by Crippen LogP contribution is -2.22. The van der Waals surface area contributed by atoms with Gasteiger partial charge in [-0.2, -0.15) is 19.6 Å². The van der Waals surface area contributed by atoms with Crippen LogP contribution in [0.2, 0.25) is 10.0 Å². The van der Waals surface area contributed by atoms with E-state index in [0.717, 1.165) is 18.4 Å². The Kier molecular flexibility index (Phi) is 4.87. The third kappa shape index (κ3) is 4.12. The molecule has 0 spiro atoms. The van der Waals surface area contributed by atoms with Crippen molar-refractivity contribution in [2.75, 3.05) is 10.6 Å². The summed E-state index contributed by atoms with van der Waals surface area (Å²) < 4.78 is 1.57. The molecule has 3 amide bonds. The number of hydrogen-bond donors (Lipinski definition) is 4. The molecule has 10 nitrogen and oxygen atoms in total. The minimum Gasteiger partial charge on any atom is -0.351 e. The van der Waals surface area contributed by atoms with Crippen molar-refractivity contribution >= 4 is 58.8 Å².